The molecule has 1 atom stereocenters. The lowest BCUT2D eigenvalue weighted by Gasteiger charge is -2.34. The Morgan fingerprint density at radius 1 is 1.36 bits per heavy atom. The summed E-state index contributed by atoms with van der Waals surface area (Å²) in [7, 11) is 1.66. The fraction of sp³-hybridized carbons (Fsp3) is 0.412. The Morgan fingerprint density at radius 2 is 2.05 bits per heavy atom. The number of benzene rings is 1. The van der Waals surface area contributed by atoms with Gasteiger partial charge in [0, 0.05) is 0 Å². The number of aromatic nitrogens is 2. The van der Waals surface area contributed by atoms with Crippen LogP contribution in [-0.2, 0) is 13.0 Å². The molecule has 2 aromatic rings. The molecule has 0 aliphatic heterocycles. The predicted octanol–water partition coefficient (Wildman–Crippen LogP) is 3.47. The summed E-state index contributed by atoms with van der Waals surface area (Å²) in [5.41, 5.74) is 2.80. The highest BCUT2D eigenvalue weighted by molar-refractivity contribution is 9.10. The largest absolute Gasteiger partial charge is 0.497 e. The van der Waals surface area contributed by atoms with Crippen LogP contribution in [0.15, 0.2) is 30.5 Å². The zero-order chi connectivity index (χ0) is 15.9. The fourth-order valence-corrected chi connectivity index (χ4v) is 3.26. The van der Waals surface area contributed by atoms with E-state index in [4.69, 9.17) is 4.74 Å². The normalized spacial score (nSPS) is 19.8. The number of Topliss-reactive ketones (excluding diaryl/α,β-unsaturated/α-hetero) is 1. The number of halogens is 1. The van der Waals surface area contributed by atoms with Gasteiger partial charge in [0.05, 0.1) is 35.9 Å². The number of fused-ring (bicyclic) bond motifs is 1. The van der Waals surface area contributed by atoms with E-state index in [1.165, 1.54) is 0 Å². The first-order chi connectivity index (χ1) is 10.4. The number of rotatable bonds is 3. The second-order valence-corrected chi connectivity index (χ2v) is 7.32. The molecule has 0 saturated heterocycles. The minimum atomic E-state index is -0.147. The number of ether oxygens (including phenoxy) is 1. The molecule has 0 radical (unpaired) electrons. The Kier molecular flexibility index (Phi) is 3.85. The lowest BCUT2D eigenvalue weighted by Crippen LogP contribution is -2.39. The number of hydrogen-bond donors (Lipinski definition) is 0. The van der Waals surface area contributed by atoms with Crippen LogP contribution in [0.3, 0.4) is 0 Å². The molecule has 0 spiro atoms. The lowest BCUT2D eigenvalue weighted by molar-refractivity contribution is 0.0927. The maximum absolute atomic E-state index is 12.5. The van der Waals surface area contributed by atoms with E-state index in [0.29, 0.717) is 6.54 Å². The van der Waals surface area contributed by atoms with Gasteiger partial charge in [0.2, 0.25) is 0 Å². The molecule has 1 heterocycles. The summed E-state index contributed by atoms with van der Waals surface area (Å²) in [4.78, 5) is 12.3. The molecular formula is C17H19BrN2O2. The van der Waals surface area contributed by atoms with Crippen LogP contribution in [0.25, 0.3) is 0 Å². The molecule has 0 saturated carbocycles. The summed E-state index contributed by atoms with van der Waals surface area (Å²) < 4.78 is 7.12. The molecule has 1 unspecified atom stereocenters. The maximum atomic E-state index is 12.5. The van der Waals surface area contributed by atoms with Crippen molar-refractivity contribution >= 4 is 21.7 Å². The Labute approximate surface area is 138 Å². The van der Waals surface area contributed by atoms with Gasteiger partial charge in [0.1, 0.15) is 5.75 Å². The first-order valence-corrected chi connectivity index (χ1v) is 8.20. The van der Waals surface area contributed by atoms with Gasteiger partial charge in [-0.05, 0) is 29.5 Å². The van der Waals surface area contributed by atoms with E-state index < -0.39 is 0 Å². The van der Waals surface area contributed by atoms with Crippen molar-refractivity contribution in [3.05, 3.63) is 47.3 Å². The molecule has 3 rings (SSSR count). The third-order valence-corrected chi connectivity index (χ3v) is 5.90. The van der Waals surface area contributed by atoms with Crippen molar-refractivity contribution in [2.45, 2.75) is 31.6 Å². The maximum Gasteiger partial charge on any atom is 0.180 e. The number of ketones is 1. The zero-order valence-corrected chi connectivity index (χ0v) is 14.6. The number of methoxy groups -OCH3 is 1. The molecule has 1 aromatic heterocycles. The third-order valence-electron chi connectivity index (χ3n) is 4.24. The van der Waals surface area contributed by atoms with E-state index in [0.717, 1.165) is 29.0 Å². The highest BCUT2D eigenvalue weighted by Gasteiger charge is 2.41. The van der Waals surface area contributed by atoms with E-state index in [1.807, 2.05) is 28.9 Å². The first-order valence-electron chi connectivity index (χ1n) is 7.28. The Balaban J connectivity index is 1.91. The summed E-state index contributed by atoms with van der Waals surface area (Å²) in [6.45, 7) is 4.88. The van der Waals surface area contributed by atoms with Gasteiger partial charge in [-0.15, -0.1) is 0 Å². The SMILES string of the molecule is COc1ccc(Cn2ncc3c2CC(C)(C)C(Br)C3=O)cc1. The molecule has 1 aliphatic rings. The monoisotopic (exact) mass is 362 g/mol. The number of alkyl halides is 1. The van der Waals surface area contributed by atoms with Gasteiger partial charge in [-0.1, -0.05) is 41.9 Å². The number of hydrogen-bond acceptors (Lipinski definition) is 3. The minimum Gasteiger partial charge on any atom is -0.497 e. The summed E-state index contributed by atoms with van der Waals surface area (Å²) in [5.74, 6) is 0.969. The van der Waals surface area contributed by atoms with E-state index >= 15 is 0 Å². The molecule has 22 heavy (non-hydrogen) atoms. The molecule has 1 aliphatic carbocycles. The molecule has 4 nitrogen and oxygen atoms in total. The zero-order valence-electron chi connectivity index (χ0n) is 13.0. The van der Waals surface area contributed by atoms with Crippen LogP contribution in [-0.4, -0.2) is 27.5 Å². The van der Waals surface area contributed by atoms with Gasteiger partial charge in [-0.3, -0.25) is 9.48 Å². The van der Waals surface area contributed by atoms with Crippen molar-refractivity contribution in [2.75, 3.05) is 7.11 Å². The van der Waals surface area contributed by atoms with Crippen LogP contribution in [0, 0.1) is 5.41 Å². The van der Waals surface area contributed by atoms with Crippen molar-refractivity contribution in [2.24, 2.45) is 5.41 Å². The van der Waals surface area contributed by atoms with Crippen LogP contribution < -0.4 is 4.74 Å². The van der Waals surface area contributed by atoms with Crippen LogP contribution in [0.4, 0.5) is 0 Å². The molecule has 1 aromatic carbocycles. The Bertz CT molecular complexity index is 704. The molecule has 0 bridgehead atoms. The molecule has 0 fully saturated rings. The van der Waals surface area contributed by atoms with Crippen LogP contribution in [0.2, 0.25) is 0 Å². The lowest BCUT2D eigenvalue weighted by atomic mass is 9.76. The second kappa shape index (κ2) is 5.54. The van der Waals surface area contributed by atoms with Gasteiger partial charge >= 0.3 is 0 Å². The molecule has 0 N–H and O–H groups in total. The average molecular weight is 363 g/mol. The van der Waals surface area contributed by atoms with Crippen LogP contribution in [0.5, 0.6) is 5.75 Å². The highest BCUT2D eigenvalue weighted by atomic mass is 79.9. The van der Waals surface area contributed by atoms with E-state index in [-0.39, 0.29) is 16.0 Å². The average Bonchev–Trinajstić information content (AvgIpc) is 2.88. The summed E-state index contributed by atoms with van der Waals surface area (Å²) in [6.07, 6.45) is 2.53. The van der Waals surface area contributed by atoms with Gasteiger partial charge in [-0.25, -0.2) is 0 Å². The molecule has 5 heteroatoms. The number of carbonyl (C=O) groups is 1. The standard InChI is InChI=1S/C17H19BrN2O2/c1-17(2)8-14-13(15(21)16(17)18)9-19-20(14)10-11-4-6-12(22-3)7-5-11/h4-7,9,16H,8,10H2,1-3H3. The highest BCUT2D eigenvalue weighted by Crippen LogP contribution is 2.39. The van der Waals surface area contributed by atoms with Crippen molar-refractivity contribution < 1.29 is 9.53 Å². The van der Waals surface area contributed by atoms with Crippen molar-refractivity contribution in [3.63, 3.8) is 0 Å². The number of nitrogens with zero attached hydrogens (tertiary/aromatic N) is 2. The predicted molar refractivity (Wildman–Crippen MR) is 88.9 cm³/mol. The van der Waals surface area contributed by atoms with Crippen molar-refractivity contribution in [3.8, 4) is 5.75 Å². The van der Waals surface area contributed by atoms with Gasteiger partial charge < -0.3 is 4.74 Å². The summed E-state index contributed by atoms with van der Waals surface area (Å²) in [6, 6.07) is 7.93. The molecule has 116 valence electrons. The van der Waals surface area contributed by atoms with Crippen LogP contribution in [0.1, 0.15) is 35.5 Å². The van der Waals surface area contributed by atoms with E-state index in [2.05, 4.69) is 34.9 Å². The van der Waals surface area contributed by atoms with E-state index in [1.54, 1.807) is 13.3 Å². The van der Waals surface area contributed by atoms with Gasteiger partial charge in [0.25, 0.3) is 0 Å². The van der Waals surface area contributed by atoms with Gasteiger partial charge in [0.15, 0.2) is 5.78 Å². The third kappa shape index (κ3) is 2.58. The number of carbonyl (C=O) groups excluding carboxylic acids is 1. The fourth-order valence-electron chi connectivity index (χ4n) is 2.86. The molecular weight excluding hydrogens is 344 g/mol. The Morgan fingerprint density at radius 3 is 2.68 bits per heavy atom. The Hall–Kier alpha value is -1.62. The smallest absolute Gasteiger partial charge is 0.180 e. The van der Waals surface area contributed by atoms with Crippen molar-refractivity contribution in [1.29, 1.82) is 0 Å². The topological polar surface area (TPSA) is 44.1 Å². The minimum absolute atomic E-state index is 0.109. The first kappa shape index (κ1) is 15.3. The van der Waals surface area contributed by atoms with Crippen LogP contribution >= 0.6 is 15.9 Å². The second-order valence-electron chi connectivity index (χ2n) is 6.40. The summed E-state index contributed by atoms with van der Waals surface area (Å²) in [5, 5.41) is 4.43. The van der Waals surface area contributed by atoms with Crippen molar-refractivity contribution in [1.82, 2.24) is 9.78 Å². The van der Waals surface area contributed by atoms with E-state index in [9.17, 15) is 4.79 Å². The summed E-state index contributed by atoms with van der Waals surface area (Å²) >= 11 is 3.54. The molecule has 0 amide bonds. The van der Waals surface area contributed by atoms with Gasteiger partial charge in [-0.2, -0.15) is 5.10 Å². The quantitative estimate of drug-likeness (QED) is 0.785.